The molecule has 28 heavy (non-hydrogen) atoms. The Labute approximate surface area is 168 Å². The molecular weight excluding hydrogens is 374 g/mol. The Balaban J connectivity index is 1.63. The summed E-state index contributed by atoms with van der Waals surface area (Å²) in [6.07, 6.45) is 5.16. The molecule has 0 bridgehead atoms. The van der Waals surface area contributed by atoms with Gasteiger partial charge in [0.25, 0.3) is 5.91 Å². The molecule has 0 atom stereocenters. The normalized spacial score (nSPS) is 13.0. The van der Waals surface area contributed by atoms with Crippen LogP contribution in [0.4, 0.5) is 10.7 Å². The highest BCUT2D eigenvalue weighted by atomic mass is 32.1. The Hall–Kier alpha value is -2.85. The van der Waals surface area contributed by atoms with Gasteiger partial charge in [-0.05, 0) is 49.4 Å². The number of carbonyl (C=O) groups is 2. The summed E-state index contributed by atoms with van der Waals surface area (Å²) in [6.45, 7) is -0.390. The quantitative estimate of drug-likeness (QED) is 0.614. The van der Waals surface area contributed by atoms with Crippen molar-refractivity contribution in [2.45, 2.75) is 32.1 Å². The summed E-state index contributed by atoms with van der Waals surface area (Å²) in [5.41, 5.74) is 2.88. The SMILES string of the molecule is CN(C)c1cccc(C(=O)OCC(=O)Nc2sc3c(c2C#N)CCCCC3)c1. The molecule has 1 amide bonds. The number of nitrogens with zero attached hydrogens (tertiary/aromatic N) is 2. The highest BCUT2D eigenvalue weighted by Crippen LogP contribution is 2.36. The number of amides is 1. The zero-order valence-electron chi connectivity index (χ0n) is 16.1. The molecule has 6 nitrogen and oxygen atoms in total. The van der Waals surface area contributed by atoms with Gasteiger partial charge in [0.15, 0.2) is 6.61 Å². The van der Waals surface area contributed by atoms with E-state index in [2.05, 4.69) is 11.4 Å². The van der Waals surface area contributed by atoms with E-state index in [0.29, 0.717) is 16.1 Å². The van der Waals surface area contributed by atoms with Crippen molar-refractivity contribution in [2.75, 3.05) is 30.9 Å². The van der Waals surface area contributed by atoms with Gasteiger partial charge in [-0.2, -0.15) is 5.26 Å². The van der Waals surface area contributed by atoms with Crippen LogP contribution in [-0.4, -0.2) is 32.6 Å². The molecule has 146 valence electrons. The highest BCUT2D eigenvalue weighted by Gasteiger charge is 2.21. The molecule has 1 aliphatic rings. The third-order valence-corrected chi connectivity index (χ3v) is 5.93. The van der Waals surface area contributed by atoms with Crippen LogP contribution in [0.15, 0.2) is 24.3 Å². The topological polar surface area (TPSA) is 82.4 Å². The number of anilines is 2. The molecule has 1 aromatic carbocycles. The summed E-state index contributed by atoms with van der Waals surface area (Å²) >= 11 is 1.46. The minimum atomic E-state index is -0.554. The van der Waals surface area contributed by atoms with Crippen LogP contribution in [0, 0.1) is 11.3 Å². The van der Waals surface area contributed by atoms with Crippen molar-refractivity contribution in [1.82, 2.24) is 0 Å². The molecule has 0 saturated carbocycles. The van der Waals surface area contributed by atoms with Gasteiger partial charge in [0.1, 0.15) is 11.1 Å². The molecule has 0 aliphatic heterocycles. The van der Waals surface area contributed by atoms with Crippen molar-refractivity contribution in [3.05, 3.63) is 45.8 Å². The van der Waals surface area contributed by atoms with E-state index >= 15 is 0 Å². The predicted molar refractivity (Wildman–Crippen MR) is 110 cm³/mol. The van der Waals surface area contributed by atoms with Gasteiger partial charge in [0, 0.05) is 24.7 Å². The maximum atomic E-state index is 12.3. The summed E-state index contributed by atoms with van der Waals surface area (Å²) in [7, 11) is 3.76. The average Bonchev–Trinajstić information content (AvgIpc) is 2.85. The molecular formula is C21H23N3O3S. The third kappa shape index (κ3) is 4.52. The van der Waals surface area contributed by atoms with E-state index in [-0.39, 0.29) is 0 Å². The van der Waals surface area contributed by atoms with Crippen molar-refractivity contribution < 1.29 is 14.3 Å². The molecule has 0 fully saturated rings. The number of hydrogen-bond donors (Lipinski definition) is 1. The number of thiophene rings is 1. The first kappa shape index (κ1) is 19.9. The van der Waals surface area contributed by atoms with Crippen LogP contribution in [0.1, 0.15) is 45.6 Å². The van der Waals surface area contributed by atoms with Crippen LogP contribution in [0.25, 0.3) is 0 Å². The number of aryl methyl sites for hydroxylation is 1. The molecule has 0 saturated heterocycles. The molecule has 1 aliphatic carbocycles. The van der Waals surface area contributed by atoms with Gasteiger partial charge in [-0.25, -0.2) is 4.79 Å². The summed E-state index contributed by atoms with van der Waals surface area (Å²) in [4.78, 5) is 27.6. The maximum Gasteiger partial charge on any atom is 0.338 e. The summed E-state index contributed by atoms with van der Waals surface area (Å²) < 4.78 is 5.14. The van der Waals surface area contributed by atoms with Crippen LogP contribution < -0.4 is 10.2 Å². The first-order valence-electron chi connectivity index (χ1n) is 9.28. The molecule has 1 N–H and O–H groups in total. The zero-order chi connectivity index (χ0) is 20.1. The molecule has 1 heterocycles. The second kappa shape index (κ2) is 8.89. The molecule has 2 aromatic rings. The van der Waals surface area contributed by atoms with E-state index in [0.717, 1.165) is 36.9 Å². The largest absolute Gasteiger partial charge is 0.452 e. The van der Waals surface area contributed by atoms with Gasteiger partial charge < -0.3 is 15.0 Å². The minimum Gasteiger partial charge on any atom is -0.452 e. The lowest BCUT2D eigenvalue weighted by Gasteiger charge is -2.13. The fraction of sp³-hybridized carbons (Fsp3) is 0.381. The number of nitriles is 1. The van der Waals surface area contributed by atoms with E-state index in [1.165, 1.54) is 22.6 Å². The summed E-state index contributed by atoms with van der Waals surface area (Å²) in [5, 5.41) is 12.8. The third-order valence-electron chi connectivity index (χ3n) is 4.72. The molecule has 1 aromatic heterocycles. The number of hydrogen-bond acceptors (Lipinski definition) is 6. The molecule has 0 radical (unpaired) electrons. The summed E-state index contributed by atoms with van der Waals surface area (Å²) in [5.74, 6) is -0.994. The standard InChI is InChI=1S/C21H23N3O3S/c1-24(2)15-8-6-7-14(11-15)21(26)27-13-19(25)23-20-17(12-22)16-9-4-3-5-10-18(16)28-20/h6-8,11H,3-5,9-10,13H2,1-2H3,(H,23,25). The highest BCUT2D eigenvalue weighted by molar-refractivity contribution is 7.16. The van der Waals surface area contributed by atoms with Crippen molar-refractivity contribution >= 4 is 33.9 Å². The van der Waals surface area contributed by atoms with Crippen LogP contribution in [0.5, 0.6) is 0 Å². The lowest BCUT2D eigenvalue weighted by atomic mass is 10.1. The fourth-order valence-corrected chi connectivity index (χ4v) is 4.49. The average molecular weight is 398 g/mol. The molecule has 7 heteroatoms. The van der Waals surface area contributed by atoms with E-state index < -0.39 is 18.5 Å². The Morgan fingerprint density at radius 3 is 2.79 bits per heavy atom. The second-order valence-electron chi connectivity index (χ2n) is 6.95. The Kier molecular flexibility index (Phi) is 6.32. The van der Waals surface area contributed by atoms with Crippen LogP contribution >= 0.6 is 11.3 Å². The van der Waals surface area contributed by atoms with Gasteiger partial charge >= 0.3 is 5.97 Å². The smallest absolute Gasteiger partial charge is 0.338 e. The van der Waals surface area contributed by atoms with Gasteiger partial charge in [-0.1, -0.05) is 12.5 Å². The van der Waals surface area contributed by atoms with Crippen LogP contribution in [0.3, 0.4) is 0 Å². The van der Waals surface area contributed by atoms with Gasteiger partial charge in [0.05, 0.1) is 11.1 Å². The fourth-order valence-electron chi connectivity index (χ4n) is 3.24. The van der Waals surface area contributed by atoms with Crippen LogP contribution in [-0.2, 0) is 22.4 Å². The lowest BCUT2D eigenvalue weighted by Crippen LogP contribution is -2.21. The van der Waals surface area contributed by atoms with Crippen molar-refractivity contribution in [1.29, 1.82) is 5.26 Å². The number of fused-ring (bicyclic) bond motifs is 1. The van der Waals surface area contributed by atoms with E-state index in [4.69, 9.17) is 4.74 Å². The van der Waals surface area contributed by atoms with Crippen molar-refractivity contribution in [3.8, 4) is 6.07 Å². The zero-order valence-corrected chi connectivity index (χ0v) is 16.9. The van der Waals surface area contributed by atoms with Gasteiger partial charge in [-0.3, -0.25) is 4.79 Å². The molecule has 0 spiro atoms. The van der Waals surface area contributed by atoms with E-state index in [9.17, 15) is 14.9 Å². The number of ether oxygens (including phenoxy) is 1. The maximum absolute atomic E-state index is 12.3. The Morgan fingerprint density at radius 2 is 2.04 bits per heavy atom. The monoisotopic (exact) mass is 397 g/mol. The second-order valence-corrected chi connectivity index (χ2v) is 8.05. The van der Waals surface area contributed by atoms with Gasteiger partial charge in [0.2, 0.25) is 0 Å². The lowest BCUT2D eigenvalue weighted by molar-refractivity contribution is -0.119. The van der Waals surface area contributed by atoms with E-state index in [1.807, 2.05) is 25.1 Å². The molecule has 0 unspecified atom stereocenters. The first-order valence-corrected chi connectivity index (χ1v) is 10.1. The molecule has 3 rings (SSSR count). The van der Waals surface area contributed by atoms with E-state index in [1.54, 1.807) is 18.2 Å². The number of nitrogens with one attached hydrogen (secondary N) is 1. The summed E-state index contributed by atoms with van der Waals surface area (Å²) in [6, 6.07) is 9.24. The number of benzene rings is 1. The van der Waals surface area contributed by atoms with Gasteiger partial charge in [-0.15, -0.1) is 11.3 Å². The number of carbonyl (C=O) groups excluding carboxylic acids is 2. The predicted octanol–water partition coefficient (Wildman–Crippen LogP) is 3.75. The number of esters is 1. The Morgan fingerprint density at radius 1 is 1.25 bits per heavy atom. The van der Waals surface area contributed by atoms with Crippen molar-refractivity contribution in [3.63, 3.8) is 0 Å². The minimum absolute atomic E-state index is 0.388. The van der Waals surface area contributed by atoms with Crippen LogP contribution in [0.2, 0.25) is 0 Å². The first-order chi connectivity index (χ1) is 13.5. The number of rotatable bonds is 5. The van der Waals surface area contributed by atoms with Crippen molar-refractivity contribution in [2.24, 2.45) is 0 Å². The Bertz CT molecular complexity index is 927.